The van der Waals surface area contributed by atoms with Gasteiger partial charge in [-0.3, -0.25) is 9.59 Å². The molecule has 0 unspecified atom stereocenters. The fraction of sp³-hybridized carbons (Fsp3) is 0.200. The molecule has 2 heterocycles. The first-order valence-corrected chi connectivity index (χ1v) is 9.92. The van der Waals surface area contributed by atoms with E-state index in [0.29, 0.717) is 13.0 Å². The third kappa shape index (κ3) is 1.98. The van der Waals surface area contributed by atoms with Gasteiger partial charge in [-0.25, -0.2) is 0 Å². The Labute approximate surface area is 168 Å². The number of hydrogen-bond acceptors (Lipinski definition) is 3. The molecular formula is C25H19NO3. The largest absolute Gasteiger partial charge is 0.443 e. The first-order chi connectivity index (χ1) is 14.2. The van der Waals surface area contributed by atoms with E-state index in [9.17, 15) is 9.59 Å². The molecule has 0 bridgehead atoms. The lowest BCUT2D eigenvalue weighted by Crippen LogP contribution is -2.42. The monoisotopic (exact) mass is 381 g/mol. The average molecular weight is 381 g/mol. The molecule has 3 aliphatic rings. The highest BCUT2D eigenvalue weighted by molar-refractivity contribution is 6.12. The quantitative estimate of drug-likeness (QED) is 0.646. The van der Waals surface area contributed by atoms with Crippen LogP contribution in [-0.4, -0.2) is 11.9 Å². The molecule has 4 heteroatoms. The van der Waals surface area contributed by atoms with Gasteiger partial charge in [0.05, 0.1) is 12.2 Å². The van der Waals surface area contributed by atoms with E-state index < -0.39 is 11.0 Å². The molecule has 29 heavy (non-hydrogen) atoms. The number of esters is 1. The molecular weight excluding hydrogens is 362 g/mol. The van der Waals surface area contributed by atoms with Crippen LogP contribution in [0.1, 0.15) is 23.1 Å². The zero-order valence-electron chi connectivity index (χ0n) is 15.7. The minimum absolute atomic E-state index is 0.129. The van der Waals surface area contributed by atoms with Crippen LogP contribution in [0, 0.1) is 5.92 Å². The summed E-state index contributed by atoms with van der Waals surface area (Å²) in [6, 6.07) is 27.4. The summed E-state index contributed by atoms with van der Waals surface area (Å²) in [4.78, 5) is 28.7. The van der Waals surface area contributed by atoms with E-state index in [1.165, 1.54) is 0 Å². The van der Waals surface area contributed by atoms with Crippen molar-refractivity contribution in [3.8, 4) is 0 Å². The van der Waals surface area contributed by atoms with E-state index in [1.807, 2.05) is 84.9 Å². The standard InChI is InChI=1S/C25H19NO3/c27-22-25(21-15-24(21,23(28)29-25)18-11-5-2-6-12-18)19-13-7-8-14-20(19)26(22)16-17-9-3-1-4-10-17/h1-14,21H,15-16H2/t21-,24-,25-/m0/s1. The van der Waals surface area contributed by atoms with Crippen LogP contribution in [0.2, 0.25) is 0 Å². The molecule has 2 aliphatic heterocycles. The lowest BCUT2D eigenvalue weighted by Gasteiger charge is -2.24. The highest BCUT2D eigenvalue weighted by atomic mass is 16.6. The summed E-state index contributed by atoms with van der Waals surface area (Å²) in [5, 5.41) is 0. The van der Waals surface area contributed by atoms with Gasteiger partial charge in [0.2, 0.25) is 5.60 Å². The zero-order valence-corrected chi connectivity index (χ0v) is 15.7. The molecule has 1 saturated carbocycles. The van der Waals surface area contributed by atoms with Crippen LogP contribution in [0.5, 0.6) is 0 Å². The van der Waals surface area contributed by atoms with Gasteiger partial charge < -0.3 is 9.64 Å². The molecule has 0 aromatic heterocycles. The summed E-state index contributed by atoms with van der Waals surface area (Å²) in [5.41, 5.74) is 1.73. The van der Waals surface area contributed by atoms with Gasteiger partial charge >= 0.3 is 5.97 Å². The third-order valence-corrected chi connectivity index (χ3v) is 6.70. The highest BCUT2D eigenvalue weighted by Gasteiger charge is 2.81. The van der Waals surface area contributed by atoms with Crippen LogP contribution in [0.4, 0.5) is 5.69 Å². The Morgan fingerprint density at radius 3 is 2.24 bits per heavy atom. The number of rotatable bonds is 3. The lowest BCUT2D eigenvalue weighted by atomic mass is 9.85. The maximum Gasteiger partial charge on any atom is 0.318 e. The Morgan fingerprint density at radius 2 is 1.52 bits per heavy atom. The molecule has 0 radical (unpaired) electrons. The molecule has 3 aromatic rings. The maximum atomic E-state index is 13.8. The minimum Gasteiger partial charge on any atom is -0.443 e. The summed E-state index contributed by atoms with van der Waals surface area (Å²) >= 11 is 0. The van der Waals surface area contributed by atoms with Crippen LogP contribution < -0.4 is 4.90 Å². The van der Waals surface area contributed by atoms with Gasteiger partial charge in [0.15, 0.2) is 0 Å². The van der Waals surface area contributed by atoms with Crippen LogP contribution in [-0.2, 0) is 31.9 Å². The summed E-state index contributed by atoms with van der Waals surface area (Å²) in [7, 11) is 0. The molecule has 1 amide bonds. The molecule has 0 N–H and O–H groups in total. The molecule has 142 valence electrons. The van der Waals surface area contributed by atoms with E-state index in [2.05, 4.69) is 0 Å². The number of carbonyl (C=O) groups is 2. The first-order valence-electron chi connectivity index (χ1n) is 9.92. The Balaban J connectivity index is 1.46. The van der Waals surface area contributed by atoms with Crippen LogP contribution in [0.15, 0.2) is 84.9 Å². The normalized spacial score (nSPS) is 29.0. The van der Waals surface area contributed by atoms with Gasteiger partial charge in [0, 0.05) is 11.5 Å². The summed E-state index contributed by atoms with van der Waals surface area (Å²) < 4.78 is 6.01. The van der Waals surface area contributed by atoms with E-state index in [1.54, 1.807) is 4.90 Å². The Hall–Kier alpha value is -3.40. The van der Waals surface area contributed by atoms with Crippen molar-refractivity contribution < 1.29 is 14.3 Å². The molecule has 1 saturated heterocycles. The second-order valence-electron chi connectivity index (χ2n) is 8.11. The number of para-hydroxylation sites is 1. The second-order valence-corrected chi connectivity index (χ2v) is 8.11. The number of amides is 1. The lowest BCUT2D eigenvalue weighted by molar-refractivity contribution is -0.162. The molecule has 4 nitrogen and oxygen atoms in total. The van der Waals surface area contributed by atoms with Crippen LogP contribution >= 0.6 is 0 Å². The number of hydrogen-bond donors (Lipinski definition) is 0. The van der Waals surface area contributed by atoms with E-state index in [4.69, 9.17) is 4.74 Å². The average Bonchev–Trinajstić information content (AvgIpc) is 3.43. The molecule has 6 rings (SSSR count). The van der Waals surface area contributed by atoms with E-state index in [-0.39, 0.29) is 17.8 Å². The van der Waals surface area contributed by atoms with E-state index in [0.717, 1.165) is 22.4 Å². The third-order valence-electron chi connectivity index (χ3n) is 6.70. The molecule has 2 fully saturated rings. The molecule has 3 aromatic carbocycles. The van der Waals surface area contributed by atoms with Crippen molar-refractivity contribution >= 4 is 17.6 Å². The van der Waals surface area contributed by atoms with Crippen molar-refractivity contribution in [1.29, 1.82) is 0 Å². The van der Waals surface area contributed by atoms with Crippen LogP contribution in [0.25, 0.3) is 0 Å². The topological polar surface area (TPSA) is 46.6 Å². The SMILES string of the molecule is O=C1O[C@]2(C(=O)N(Cc3ccccc3)c3ccccc32)[C@H]2C[C@@]12c1ccccc1. The smallest absolute Gasteiger partial charge is 0.318 e. The van der Waals surface area contributed by atoms with Gasteiger partial charge in [0.1, 0.15) is 5.41 Å². The van der Waals surface area contributed by atoms with E-state index >= 15 is 0 Å². The zero-order chi connectivity index (χ0) is 19.6. The molecule has 1 spiro atoms. The number of carbonyl (C=O) groups excluding carboxylic acids is 2. The maximum absolute atomic E-state index is 13.8. The van der Waals surface area contributed by atoms with Crippen LogP contribution in [0.3, 0.4) is 0 Å². The van der Waals surface area contributed by atoms with Gasteiger partial charge in [0.25, 0.3) is 5.91 Å². The predicted molar refractivity (Wildman–Crippen MR) is 108 cm³/mol. The number of fused-ring (bicyclic) bond motifs is 4. The van der Waals surface area contributed by atoms with Crippen molar-refractivity contribution in [3.63, 3.8) is 0 Å². The van der Waals surface area contributed by atoms with Crippen molar-refractivity contribution in [2.24, 2.45) is 5.92 Å². The first kappa shape index (κ1) is 16.5. The number of nitrogens with zero attached hydrogens (tertiary/aromatic N) is 1. The highest BCUT2D eigenvalue weighted by Crippen LogP contribution is 2.71. The van der Waals surface area contributed by atoms with Gasteiger partial charge in [-0.2, -0.15) is 0 Å². The van der Waals surface area contributed by atoms with Crippen molar-refractivity contribution in [3.05, 3.63) is 102 Å². The van der Waals surface area contributed by atoms with Crippen molar-refractivity contribution in [1.82, 2.24) is 0 Å². The fourth-order valence-corrected chi connectivity index (χ4v) is 5.27. The van der Waals surface area contributed by atoms with Crippen molar-refractivity contribution in [2.45, 2.75) is 24.0 Å². The van der Waals surface area contributed by atoms with Gasteiger partial charge in [-0.05, 0) is 23.6 Å². The Bertz CT molecular complexity index is 1140. The molecule has 3 atom stereocenters. The van der Waals surface area contributed by atoms with Gasteiger partial charge in [-0.15, -0.1) is 0 Å². The molecule has 1 aliphatic carbocycles. The number of anilines is 1. The Morgan fingerprint density at radius 1 is 0.862 bits per heavy atom. The number of benzene rings is 3. The summed E-state index contributed by atoms with van der Waals surface area (Å²) in [6.07, 6.45) is 0.648. The minimum atomic E-state index is -1.21. The second kappa shape index (κ2) is 5.57. The fourth-order valence-electron chi connectivity index (χ4n) is 5.27. The summed E-state index contributed by atoms with van der Waals surface area (Å²) in [5.74, 6) is -0.575. The van der Waals surface area contributed by atoms with Gasteiger partial charge in [-0.1, -0.05) is 78.9 Å². The van der Waals surface area contributed by atoms with Crippen molar-refractivity contribution in [2.75, 3.05) is 4.90 Å². The summed E-state index contributed by atoms with van der Waals surface area (Å²) in [6.45, 7) is 0.459. The number of ether oxygens (including phenoxy) is 1. The predicted octanol–water partition coefficient (Wildman–Crippen LogP) is 3.94. The Kier molecular flexibility index (Phi) is 3.18.